The molecule has 8 heteroatoms. The number of nitrogens with one attached hydrogen (secondary N) is 2. The normalized spacial score (nSPS) is 14.6. The van der Waals surface area contributed by atoms with Crippen molar-refractivity contribution in [3.05, 3.63) is 48.3 Å². The van der Waals surface area contributed by atoms with E-state index in [1.165, 1.54) is 5.69 Å². The summed E-state index contributed by atoms with van der Waals surface area (Å²) in [4.78, 5) is 9.23. The molecule has 1 aromatic carbocycles. The van der Waals surface area contributed by atoms with Crippen LogP contribution in [0.5, 0.6) is 5.75 Å². The number of anilines is 5. The standard InChI is InChI=1S/C24H33N7O/c1-17(2)21-16-24(30(4)28-21)26-18-8-9-25-23(14-18)27-20-7-6-19(15-22(20)32-5)31-12-10-29(3)11-13-31/h6-9,14-17H,10-13H2,1-5H3,(H2,25,26,27). The van der Waals surface area contributed by atoms with Gasteiger partial charge in [-0.15, -0.1) is 0 Å². The summed E-state index contributed by atoms with van der Waals surface area (Å²) in [5.41, 5.74) is 4.07. The molecular weight excluding hydrogens is 402 g/mol. The number of piperazine rings is 1. The molecule has 32 heavy (non-hydrogen) atoms. The number of hydrogen-bond donors (Lipinski definition) is 2. The highest BCUT2D eigenvalue weighted by Gasteiger charge is 2.16. The van der Waals surface area contributed by atoms with Crippen LogP contribution >= 0.6 is 0 Å². The number of likely N-dealkylation sites (N-methyl/N-ethyl adjacent to an activating group) is 1. The van der Waals surface area contributed by atoms with Crippen molar-refractivity contribution in [2.75, 3.05) is 55.9 Å². The number of aromatic nitrogens is 3. The Morgan fingerprint density at radius 3 is 2.44 bits per heavy atom. The van der Waals surface area contributed by atoms with Gasteiger partial charge in [-0.1, -0.05) is 13.8 Å². The number of benzene rings is 1. The lowest BCUT2D eigenvalue weighted by Crippen LogP contribution is -2.44. The average Bonchev–Trinajstić information content (AvgIpc) is 3.15. The molecule has 4 rings (SSSR count). The highest BCUT2D eigenvalue weighted by Crippen LogP contribution is 2.32. The smallest absolute Gasteiger partial charge is 0.144 e. The molecule has 1 fully saturated rings. The molecule has 0 spiro atoms. The van der Waals surface area contributed by atoms with Crippen molar-refractivity contribution in [2.45, 2.75) is 19.8 Å². The molecule has 8 nitrogen and oxygen atoms in total. The van der Waals surface area contributed by atoms with Gasteiger partial charge < -0.3 is 25.2 Å². The fourth-order valence-corrected chi connectivity index (χ4v) is 3.80. The van der Waals surface area contributed by atoms with Crippen LogP contribution in [-0.4, -0.2) is 60.0 Å². The van der Waals surface area contributed by atoms with Crippen molar-refractivity contribution < 1.29 is 4.74 Å². The summed E-state index contributed by atoms with van der Waals surface area (Å²) >= 11 is 0. The molecule has 0 bridgehead atoms. The molecule has 0 saturated carbocycles. The summed E-state index contributed by atoms with van der Waals surface area (Å²) in [5, 5.41) is 11.4. The highest BCUT2D eigenvalue weighted by atomic mass is 16.5. The molecule has 0 aliphatic carbocycles. The highest BCUT2D eigenvalue weighted by molar-refractivity contribution is 5.71. The molecule has 170 valence electrons. The van der Waals surface area contributed by atoms with Crippen LogP contribution in [0.15, 0.2) is 42.6 Å². The van der Waals surface area contributed by atoms with E-state index in [1.807, 2.05) is 23.9 Å². The topological polar surface area (TPSA) is 70.5 Å². The molecule has 3 heterocycles. The van der Waals surface area contributed by atoms with Gasteiger partial charge in [0.2, 0.25) is 0 Å². The Labute approximate surface area is 190 Å². The zero-order valence-electron chi connectivity index (χ0n) is 19.6. The van der Waals surface area contributed by atoms with E-state index in [2.05, 4.69) is 75.7 Å². The third-order valence-electron chi connectivity index (χ3n) is 5.84. The van der Waals surface area contributed by atoms with E-state index in [-0.39, 0.29) is 0 Å². The minimum Gasteiger partial charge on any atom is -0.494 e. The maximum Gasteiger partial charge on any atom is 0.144 e. The fourth-order valence-electron chi connectivity index (χ4n) is 3.80. The Kier molecular flexibility index (Phi) is 6.50. The van der Waals surface area contributed by atoms with Crippen LogP contribution in [0, 0.1) is 0 Å². The first-order valence-electron chi connectivity index (χ1n) is 11.1. The van der Waals surface area contributed by atoms with Crippen LogP contribution < -0.4 is 20.3 Å². The number of aryl methyl sites for hydroxylation is 1. The first kappa shape index (κ1) is 22.0. The van der Waals surface area contributed by atoms with Gasteiger partial charge in [-0.05, 0) is 31.2 Å². The van der Waals surface area contributed by atoms with Gasteiger partial charge in [-0.2, -0.15) is 5.10 Å². The van der Waals surface area contributed by atoms with Gasteiger partial charge in [-0.3, -0.25) is 4.68 Å². The van der Waals surface area contributed by atoms with E-state index in [0.717, 1.165) is 60.6 Å². The van der Waals surface area contributed by atoms with E-state index in [0.29, 0.717) is 5.92 Å². The zero-order valence-corrected chi connectivity index (χ0v) is 19.6. The number of pyridine rings is 1. The largest absolute Gasteiger partial charge is 0.494 e. The molecule has 0 radical (unpaired) electrons. The van der Waals surface area contributed by atoms with Crippen LogP contribution in [0.25, 0.3) is 0 Å². The summed E-state index contributed by atoms with van der Waals surface area (Å²) < 4.78 is 7.55. The van der Waals surface area contributed by atoms with Gasteiger partial charge in [0.05, 0.1) is 18.5 Å². The van der Waals surface area contributed by atoms with E-state index in [1.54, 1.807) is 13.3 Å². The second-order valence-electron chi connectivity index (χ2n) is 8.59. The Balaban J connectivity index is 1.49. The molecule has 2 N–H and O–H groups in total. The average molecular weight is 436 g/mol. The monoisotopic (exact) mass is 435 g/mol. The van der Waals surface area contributed by atoms with Crippen molar-refractivity contribution in [1.82, 2.24) is 19.7 Å². The van der Waals surface area contributed by atoms with Gasteiger partial charge in [-0.25, -0.2) is 4.98 Å². The number of ether oxygens (including phenoxy) is 1. The summed E-state index contributed by atoms with van der Waals surface area (Å²) in [6, 6.07) is 12.3. The lowest BCUT2D eigenvalue weighted by Gasteiger charge is -2.34. The van der Waals surface area contributed by atoms with Gasteiger partial charge >= 0.3 is 0 Å². The van der Waals surface area contributed by atoms with Gasteiger partial charge in [0.1, 0.15) is 17.4 Å². The zero-order chi connectivity index (χ0) is 22.7. The molecule has 1 saturated heterocycles. The van der Waals surface area contributed by atoms with Gasteiger partial charge in [0.25, 0.3) is 0 Å². The molecule has 2 aromatic heterocycles. The van der Waals surface area contributed by atoms with E-state index in [4.69, 9.17) is 4.74 Å². The summed E-state index contributed by atoms with van der Waals surface area (Å²) in [6.07, 6.45) is 1.79. The van der Waals surface area contributed by atoms with Crippen LogP contribution in [0.1, 0.15) is 25.5 Å². The quantitative estimate of drug-likeness (QED) is 0.577. The van der Waals surface area contributed by atoms with E-state index in [9.17, 15) is 0 Å². The Bertz CT molecular complexity index is 1050. The SMILES string of the molecule is COc1cc(N2CCN(C)CC2)ccc1Nc1cc(Nc2cc(C(C)C)nn2C)ccn1. The summed E-state index contributed by atoms with van der Waals surface area (Å²) in [6.45, 7) is 8.47. The third-order valence-corrected chi connectivity index (χ3v) is 5.84. The van der Waals surface area contributed by atoms with Crippen LogP contribution in [0.3, 0.4) is 0 Å². The Morgan fingerprint density at radius 2 is 1.75 bits per heavy atom. The second kappa shape index (κ2) is 9.48. The number of hydrogen-bond acceptors (Lipinski definition) is 7. The van der Waals surface area contributed by atoms with Crippen LogP contribution in [0.4, 0.5) is 28.7 Å². The number of rotatable bonds is 7. The second-order valence-corrected chi connectivity index (χ2v) is 8.59. The lowest BCUT2D eigenvalue weighted by molar-refractivity contribution is 0.312. The predicted octanol–water partition coefficient (Wildman–Crippen LogP) is 4.19. The molecule has 1 aliphatic rings. The molecule has 3 aromatic rings. The van der Waals surface area contributed by atoms with Crippen molar-refractivity contribution in [3.8, 4) is 5.75 Å². The summed E-state index contributed by atoms with van der Waals surface area (Å²) in [7, 11) is 5.81. The molecule has 0 amide bonds. The first-order valence-corrected chi connectivity index (χ1v) is 11.1. The lowest BCUT2D eigenvalue weighted by atomic mass is 10.1. The molecule has 0 unspecified atom stereocenters. The van der Waals surface area contributed by atoms with Crippen LogP contribution in [-0.2, 0) is 7.05 Å². The summed E-state index contributed by atoms with van der Waals surface area (Å²) in [5.74, 6) is 2.87. The third kappa shape index (κ3) is 4.96. The number of nitrogens with zero attached hydrogens (tertiary/aromatic N) is 5. The maximum absolute atomic E-state index is 5.68. The van der Waals surface area contributed by atoms with E-state index >= 15 is 0 Å². The fraction of sp³-hybridized carbons (Fsp3) is 0.417. The minimum absolute atomic E-state index is 0.382. The Hall–Kier alpha value is -3.26. The van der Waals surface area contributed by atoms with Crippen molar-refractivity contribution in [1.29, 1.82) is 0 Å². The molecular formula is C24H33N7O. The van der Waals surface area contributed by atoms with E-state index < -0.39 is 0 Å². The van der Waals surface area contributed by atoms with Crippen molar-refractivity contribution >= 4 is 28.7 Å². The molecule has 1 aliphatic heterocycles. The Morgan fingerprint density at radius 1 is 0.969 bits per heavy atom. The first-order chi connectivity index (χ1) is 15.4. The van der Waals surface area contributed by atoms with Crippen molar-refractivity contribution in [2.24, 2.45) is 7.05 Å². The maximum atomic E-state index is 5.68. The van der Waals surface area contributed by atoms with Crippen LogP contribution in [0.2, 0.25) is 0 Å². The number of methoxy groups -OCH3 is 1. The predicted molar refractivity (Wildman–Crippen MR) is 131 cm³/mol. The minimum atomic E-state index is 0.382. The molecule has 0 atom stereocenters. The van der Waals surface area contributed by atoms with Gasteiger partial charge in [0, 0.05) is 69.0 Å². The van der Waals surface area contributed by atoms with Crippen molar-refractivity contribution in [3.63, 3.8) is 0 Å². The van der Waals surface area contributed by atoms with Gasteiger partial charge in [0.15, 0.2) is 0 Å².